The number of ketones is 1. The molecule has 1 aromatic heterocycles. The topological polar surface area (TPSA) is 137 Å². The number of aromatic nitrogens is 1. The molecule has 1 unspecified atom stereocenters. The molecule has 0 bridgehead atoms. The van der Waals surface area contributed by atoms with Gasteiger partial charge < -0.3 is 15.4 Å². The van der Waals surface area contributed by atoms with Crippen LogP contribution in [0, 0.1) is 0 Å². The number of anilines is 1. The van der Waals surface area contributed by atoms with Gasteiger partial charge in [-0.15, -0.1) is 0 Å². The van der Waals surface area contributed by atoms with Crippen molar-refractivity contribution in [1.29, 1.82) is 0 Å². The van der Waals surface area contributed by atoms with Crippen molar-refractivity contribution in [3.05, 3.63) is 99.2 Å². The second-order valence-corrected chi connectivity index (χ2v) is 8.70. The molecule has 10 heteroatoms. The van der Waals surface area contributed by atoms with Crippen molar-refractivity contribution in [2.24, 2.45) is 5.73 Å². The summed E-state index contributed by atoms with van der Waals surface area (Å²) in [6.45, 7) is 0. The van der Waals surface area contributed by atoms with Crippen LogP contribution in [0.3, 0.4) is 0 Å². The van der Waals surface area contributed by atoms with E-state index >= 15 is 0 Å². The number of nitrogens with zero attached hydrogens (tertiary/aromatic N) is 2. The van der Waals surface area contributed by atoms with Crippen LogP contribution in [0.1, 0.15) is 36.6 Å². The number of nitrogens with two attached hydrogens (primary N) is 1. The fourth-order valence-corrected chi connectivity index (χ4v) is 4.17. The van der Waals surface area contributed by atoms with Crippen molar-refractivity contribution in [2.45, 2.75) is 0 Å². The highest BCUT2D eigenvalue weighted by Gasteiger charge is 2.38. The number of amides is 1. The number of fused-ring (bicyclic) bond motifs is 1. The number of allylic oxidation sites excluding steroid dienone is 1. The maximum atomic E-state index is 12.7. The number of primary amides is 1. The Bertz CT molecular complexity index is 1230. The number of carboxylic acids is 1. The SMILES string of the molecule is CN1c2ccc(C(=O)O)cc2C(=O)/C(=C\c2ccc(Cl)cc2)[S+]1[O-].NC(=O)c1cccnc1. The zero-order valence-corrected chi connectivity index (χ0v) is 18.8. The molecule has 3 N–H and O–H groups in total. The smallest absolute Gasteiger partial charge is 0.335 e. The third kappa shape index (κ3) is 5.58. The molecule has 1 atom stereocenters. The van der Waals surface area contributed by atoms with Crippen LogP contribution >= 0.6 is 11.6 Å². The van der Waals surface area contributed by atoms with E-state index in [-0.39, 0.29) is 16.0 Å². The Hall–Kier alpha value is -3.66. The van der Waals surface area contributed by atoms with Crippen molar-refractivity contribution in [3.63, 3.8) is 0 Å². The van der Waals surface area contributed by atoms with E-state index < -0.39 is 29.0 Å². The maximum Gasteiger partial charge on any atom is 0.335 e. The summed E-state index contributed by atoms with van der Waals surface area (Å²) in [4.78, 5) is 38.0. The van der Waals surface area contributed by atoms with Gasteiger partial charge in [0, 0.05) is 23.5 Å². The van der Waals surface area contributed by atoms with Crippen molar-refractivity contribution >= 4 is 52.4 Å². The minimum atomic E-state index is -1.67. The van der Waals surface area contributed by atoms with Crippen LogP contribution in [-0.2, 0) is 11.4 Å². The molecule has 1 aliphatic rings. The monoisotopic (exact) mass is 483 g/mol. The molecule has 1 amide bonds. The van der Waals surface area contributed by atoms with Crippen LogP contribution in [0.15, 0.2) is 71.9 Å². The van der Waals surface area contributed by atoms with Gasteiger partial charge in [-0.3, -0.25) is 14.6 Å². The van der Waals surface area contributed by atoms with Gasteiger partial charge in [-0.05, 0) is 48.0 Å². The first-order valence-corrected chi connectivity index (χ1v) is 10.9. The number of halogens is 1. The largest absolute Gasteiger partial charge is 0.588 e. The summed E-state index contributed by atoms with van der Waals surface area (Å²) in [5, 5.41) is 9.66. The molecular weight excluding hydrogens is 466 g/mol. The number of benzene rings is 2. The molecule has 1 aliphatic heterocycles. The van der Waals surface area contributed by atoms with E-state index in [1.165, 1.54) is 34.8 Å². The van der Waals surface area contributed by atoms with E-state index in [1.807, 2.05) is 0 Å². The lowest BCUT2D eigenvalue weighted by molar-refractivity contribution is 0.0696. The lowest BCUT2D eigenvalue weighted by Gasteiger charge is -2.29. The minimum absolute atomic E-state index is 0.00836. The number of rotatable bonds is 3. The van der Waals surface area contributed by atoms with Crippen LogP contribution in [0.2, 0.25) is 5.02 Å². The van der Waals surface area contributed by atoms with E-state index in [0.29, 0.717) is 21.8 Å². The average Bonchev–Trinajstić information content (AvgIpc) is 2.82. The van der Waals surface area contributed by atoms with Crippen molar-refractivity contribution in [1.82, 2.24) is 4.98 Å². The van der Waals surface area contributed by atoms with Gasteiger partial charge in [0.2, 0.25) is 16.6 Å². The van der Waals surface area contributed by atoms with Crippen LogP contribution in [0.5, 0.6) is 0 Å². The van der Waals surface area contributed by atoms with E-state index in [9.17, 15) is 18.9 Å². The standard InChI is InChI=1S/C17H12ClNO4S.C6H6N2O/c1-19-14-7-4-11(17(21)22)9-13(14)16(20)15(24(19)23)8-10-2-5-12(18)6-3-10;7-6(9)5-2-1-3-8-4-5/h2-9H,1H3,(H,21,22);1-4H,(H2,7,9)/b15-8+;. The zero-order chi connectivity index (χ0) is 24.1. The normalized spacial score (nSPS) is 16.0. The molecule has 2 heterocycles. The molecule has 4 rings (SSSR count). The lowest BCUT2D eigenvalue weighted by Crippen LogP contribution is -2.36. The third-order valence-corrected chi connectivity index (χ3v) is 6.23. The summed E-state index contributed by atoms with van der Waals surface area (Å²) >= 11 is 4.16. The van der Waals surface area contributed by atoms with Crippen LogP contribution < -0.4 is 10.0 Å². The summed E-state index contributed by atoms with van der Waals surface area (Å²) in [6.07, 6.45) is 4.55. The second kappa shape index (κ2) is 10.3. The summed E-state index contributed by atoms with van der Waals surface area (Å²) in [5.74, 6) is -2.01. The fourth-order valence-electron chi connectivity index (χ4n) is 2.91. The van der Waals surface area contributed by atoms with Crippen molar-refractivity contribution in [3.8, 4) is 0 Å². The Morgan fingerprint density at radius 3 is 2.39 bits per heavy atom. The fraction of sp³-hybridized carbons (Fsp3) is 0.0435. The van der Waals surface area contributed by atoms with Crippen molar-refractivity contribution < 1.29 is 24.0 Å². The number of hydrogen-bond acceptors (Lipinski definition) is 6. The van der Waals surface area contributed by atoms with Gasteiger partial charge in [0.05, 0.1) is 29.4 Å². The Morgan fingerprint density at radius 2 is 1.85 bits per heavy atom. The predicted molar refractivity (Wildman–Crippen MR) is 126 cm³/mol. The van der Waals surface area contributed by atoms with Gasteiger partial charge in [-0.1, -0.05) is 23.7 Å². The Balaban J connectivity index is 0.000000286. The molecule has 0 saturated carbocycles. The molecular formula is C23H18ClN3O5S. The molecule has 0 fully saturated rings. The van der Waals surface area contributed by atoms with Crippen LogP contribution in [0.4, 0.5) is 5.69 Å². The summed E-state index contributed by atoms with van der Waals surface area (Å²) in [7, 11) is 1.59. The van der Waals surface area contributed by atoms with E-state index in [4.69, 9.17) is 22.4 Å². The van der Waals surface area contributed by atoms with Crippen LogP contribution in [-0.4, -0.2) is 39.4 Å². The molecule has 0 aliphatic carbocycles. The highest BCUT2D eigenvalue weighted by molar-refractivity contribution is 7.97. The number of hydrogen-bond donors (Lipinski definition) is 2. The molecule has 33 heavy (non-hydrogen) atoms. The molecule has 2 aromatic carbocycles. The highest BCUT2D eigenvalue weighted by Crippen LogP contribution is 2.35. The number of Topliss-reactive ketones (excluding diaryl/α,β-unsaturated/α-hetero) is 1. The number of aromatic carboxylic acids is 1. The van der Waals surface area contributed by atoms with Gasteiger partial charge in [0.15, 0.2) is 0 Å². The lowest BCUT2D eigenvalue weighted by atomic mass is 10.0. The first kappa shape index (κ1) is 24.0. The number of carbonyl (C=O) groups is 3. The number of pyridine rings is 1. The average molecular weight is 484 g/mol. The van der Waals surface area contributed by atoms with Crippen molar-refractivity contribution in [2.75, 3.05) is 11.4 Å². The first-order valence-electron chi connectivity index (χ1n) is 9.43. The first-order chi connectivity index (χ1) is 15.7. The summed E-state index contributed by atoms with van der Waals surface area (Å²) in [6, 6.07) is 14.2. The third-order valence-electron chi connectivity index (χ3n) is 4.60. The van der Waals surface area contributed by atoms with Gasteiger partial charge in [0.25, 0.3) is 0 Å². The molecule has 0 radical (unpaired) electrons. The number of carboxylic acid groups (broad SMARTS) is 1. The Labute approximate surface area is 197 Å². The van der Waals surface area contributed by atoms with E-state index in [1.54, 1.807) is 49.6 Å². The molecule has 0 saturated heterocycles. The number of carbonyl (C=O) groups excluding carboxylic acids is 2. The van der Waals surface area contributed by atoms with Crippen LogP contribution in [0.25, 0.3) is 6.08 Å². The maximum absolute atomic E-state index is 12.7. The molecule has 168 valence electrons. The summed E-state index contributed by atoms with van der Waals surface area (Å²) < 4.78 is 14.0. The Kier molecular flexibility index (Phi) is 7.49. The summed E-state index contributed by atoms with van der Waals surface area (Å²) in [5.41, 5.74) is 6.73. The second-order valence-electron chi connectivity index (χ2n) is 6.78. The Morgan fingerprint density at radius 1 is 1.15 bits per heavy atom. The van der Waals surface area contributed by atoms with Gasteiger partial charge in [0.1, 0.15) is 11.4 Å². The predicted octanol–water partition coefficient (Wildman–Crippen LogP) is 3.56. The highest BCUT2D eigenvalue weighted by atomic mass is 35.5. The molecule has 8 nitrogen and oxygen atoms in total. The van der Waals surface area contributed by atoms with Gasteiger partial charge >= 0.3 is 5.97 Å². The van der Waals surface area contributed by atoms with E-state index in [0.717, 1.165) is 0 Å². The van der Waals surface area contributed by atoms with Gasteiger partial charge in [-0.2, -0.15) is 4.31 Å². The zero-order valence-electron chi connectivity index (χ0n) is 17.3. The van der Waals surface area contributed by atoms with E-state index in [2.05, 4.69) is 4.98 Å². The van der Waals surface area contributed by atoms with Gasteiger partial charge in [-0.25, -0.2) is 4.79 Å². The molecule has 3 aromatic rings. The minimum Gasteiger partial charge on any atom is -0.588 e. The molecule has 0 spiro atoms. The quantitative estimate of drug-likeness (QED) is 0.429.